The number of hydrogen-bond acceptors (Lipinski definition) is 4. The number of hydrogen-bond donors (Lipinski definition) is 1. The van der Waals surface area contributed by atoms with Crippen LogP contribution in [0.5, 0.6) is 0 Å². The number of ether oxygens (including phenoxy) is 1. The molecule has 1 aliphatic rings. The Bertz CT molecular complexity index is 905. The van der Waals surface area contributed by atoms with Gasteiger partial charge in [-0.25, -0.2) is 4.79 Å². The van der Waals surface area contributed by atoms with Crippen molar-refractivity contribution >= 4 is 29.2 Å². The molecule has 0 unspecified atom stereocenters. The van der Waals surface area contributed by atoms with Crippen molar-refractivity contribution in [2.45, 2.75) is 39.7 Å². The van der Waals surface area contributed by atoms with Crippen LogP contribution < -0.4 is 10.2 Å². The average molecular weight is 380 g/mol. The van der Waals surface area contributed by atoms with Crippen LogP contribution in [0, 0.1) is 13.8 Å². The molecule has 146 valence electrons. The van der Waals surface area contributed by atoms with Crippen molar-refractivity contribution in [1.29, 1.82) is 0 Å². The molecule has 6 heteroatoms. The second-order valence-electron chi connectivity index (χ2n) is 7.05. The van der Waals surface area contributed by atoms with E-state index in [1.807, 2.05) is 32.0 Å². The lowest BCUT2D eigenvalue weighted by molar-refractivity contribution is -0.123. The first-order chi connectivity index (χ1) is 13.3. The standard InChI is InChI=1S/C22H24N2O4/c1-14-6-7-15(2)19(13-14)23-21(26)16(3)28-22(27)17-8-10-18(11-9-17)24-12-4-5-20(24)25/h6-11,13,16H,4-5,12H2,1-3H3,(H,23,26)/t16-/m1/s1. The third-order valence-corrected chi connectivity index (χ3v) is 4.79. The lowest BCUT2D eigenvalue weighted by Crippen LogP contribution is -2.30. The van der Waals surface area contributed by atoms with Crippen molar-refractivity contribution in [3.8, 4) is 0 Å². The van der Waals surface area contributed by atoms with Crippen LogP contribution >= 0.6 is 0 Å². The van der Waals surface area contributed by atoms with E-state index in [9.17, 15) is 14.4 Å². The van der Waals surface area contributed by atoms with Crippen molar-refractivity contribution in [3.63, 3.8) is 0 Å². The van der Waals surface area contributed by atoms with Crippen LogP contribution in [0.15, 0.2) is 42.5 Å². The molecule has 0 aromatic heterocycles. The molecule has 1 heterocycles. The van der Waals surface area contributed by atoms with E-state index in [-0.39, 0.29) is 11.8 Å². The molecule has 2 aromatic rings. The molecule has 1 N–H and O–H groups in total. The van der Waals surface area contributed by atoms with Crippen molar-refractivity contribution in [2.24, 2.45) is 0 Å². The molecule has 0 bridgehead atoms. The molecule has 3 rings (SSSR count). The molecule has 0 spiro atoms. The predicted molar refractivity (Wildman–Crippen MR) is 107 cm³/mol. The Morgan fingerprint density at radius 2 is 1.82 bits per heavy atom. The highest BCUT2D eigenvalue weighted by atomic mass is 16.5. The Morgan fingerprint density at radius 1 is 1.11 bits per heavy atom. The molecular weight excluding hydrogens is 356 g/mol. The fourth-order valence-electron chi connectivity index (χ4n) is 3.09. The largest absolute Gasteiger partial charge is 0.449 e. The van der Waals surface area contributed by atoms with Crippen molar-refractivity contribution in [2.75, 3.05) is 16.8 Å². The van der Waals surface area contributed by atoms with Gasteiger partial charge in [0.1, 0.15) is 0 Å². The lowest BCUT2D eigenvalue weighted by Gasteiger charge is -2.17. The van der Waals surface area contributed by atoms with Crippen molar-refractivity contribution < 1.29 is 19.1 Å². The molecule has 1 atom stereocenters. The summed E-state index contributed by atoms with van der Waals surface area (Å²) in [6, 6.07) is 12.4. The number of amides is 2. The number of rotatable bonds is 5. The van der Waals surface area contributed by atoms with Crippen molar-refractivity contribution in [1.82, 2.24) is 0 Å². The highest BCUT2D eigenvalue weighted by Crippen LogP contribution is 2.22. The number of anilines is 2. The molecule has 2 amide bonds. The second kappa shape index (κ2) is 8.25. The van der Waals surface area contributed by atoms with Gasteiger partial charge in [-0.05, 0) is 68.7 Å². The van der Waals surface area contributed by atoms with Gasteiger partial charge in [-0.1, -0.05) is 12.1 Å². The van der Waals surface area contributed by atoms with Crippen LogP contribution in [0.25, 0.3) is 0 Å². The zero-order chi connectivity index (χ0) is 20.3. The maximum absolute atomic E-state index is 12.4. The Balaban J connectivity index is 1.61. The lowest BCUT2D eigenvalue weighted by atomic mass is 10.1. The number of carbonyl (C=O) groups excluding carboxylic acids is 3. The van der Waals surface area contributed by atoms with Crippen molar-refractivity contribution in [3.05, 3.63) is 59.2 Å². The molecule has 0 saturated carbocycles. The van der Waals surface area contributed by atoms with Gasteiger partial charge in [0.15, 0.2) is 6.10 Å². The Kier molecular flexibility index (Phi) is 5.78. The summed E-state index contributed by atoms with van der Waals surface area (Å²) in [5.74, 6) is -0.878. The van der Waals surface area contributed by atoms with Gasteiger partial charge in [-0.3, -0.25) is 9.59 Å². The maximum Gasteiger partial charge on any atom is 0.338 e. The SMILES string of the molecule is Cc1ccc(C)c(NC(=O)[C@@H](C)OC(=O)c2ccc(N3CCCC3=O)cc2)c1. The van der Waals surface area contributed by atoms with E-state index in [2.05, 4.69) is 5.32 Å². The molecule has 2 aromatic carbocycles. The number of aryl methyl sites for hydroxylation is 2. The summed E-state index contributed by atoms with van der Waals surface area (Å²) in [4.78, 5) is 38.2. The van der Waals surface area contributed by atoms with Crippen LogP contribution in [-0.2, 0) is 14.3 Å². The van der Waals surface area contributed by atoms with E-state index in [1.54, 1.807) is 29.2 Å². The topological polar surface area (TPSA) is 75.7 Å². The quantitative estimate of drug-likeness (QED) is 0.804. The third-order valence-electron chi connectivity index (χ3n) is 4.79. The van der Waals surface area contributed by atoms with E-state index < -0.39 is 12.1 Å². The molecule has 0 radical (unpaired) electrons. The van der Waals surface area contributed by atoms with E-state index in [0.717, 1.165) is 23.2 Å². The highest BCUT2D eigenvalue weighted by Gasteiger charge is 2.23. The maximum atomic E-state index is 12.4. The fourth-order valence-corrected chi connectivity index (χ4v) is 3.09. The number of nitrogens with one attached hydrogen (secondary N) is 1. The number of esters is 1. The number of carbonyl (C=O) groups is 3. The minimum Gasteiger partial charge on any atom is -0.449 e. The minimum absolute atomic E-state index is 0.0899. The predicted octanol–water partition coefficient (Wildman–Crippen LogP) is 3.61. The smallest absolute Gasteiger partial charge is 0.338 e. The summed E-state index contributed by atoms with van der Waals surface area (Å²) < 4.78 is 5.30. The molecule has 1 fully saturated rings. The average Bonchev–Trinajstić information content (AvgIpc) is 3.10. The van der Waals surface area contributed by atoms with E-state index in [1.165, 1.54) is 6.92 Å². The number of benzene rings is 2. The fraction of sp³-hybridized carbons (Fsp3) is 0.318. The Labute approximate surface area is 164 Å². The summed E-state index contributed by atoms with van der Waals surface area (Å²) in [5.41, 5.74) is 3.76. The highest BCUT2D eigenvalue weighted by molar-refractivity contribution is 5.98. The van der Waals surface area contributed by atoms with E-state index in [4.69, 9.17) is 4.74 Å². The molecule has 1 saturated heterocycles. The first-order valence-corrected chi connectivity index (χ1v) is 9.34. The first-order valence-electron chi connectivity index (χ1n) is 9.34. The zero-order valence-electron chi connectivity index (χ0n) is 16.3. The van der Waals surface area contributed by atoms with Gasteiger partial charge in [-0.2, -0.15) is 0 Å². The third kappa shape index (κ3) is 4.39. The monoisotopic (exact) mass is 380 g/mol. The molecular formula is C22H24N2O4. The van der Waals surface area contributed by atoms with Crippen LogP contribution in [0.4, 0.5) is 11.4 Å². The molecule has 6 nitrogen and oxygen atoms in total. The minimum atomic E-state index is -0.938. The molecule has 1 aliphatic heterocycles. The zero-order valence-corrected chi connectivity index (χ0v) is 16.3. The Morgan fingerprint density at radius 3 is 2.46 bits per heavy atom. The van der Waals surface area contributed by atoms with Crippen LogP contribution in [0.2, 0.25) is 0 Å². The first kappa shape index (κ1) is 19.6. The summed E-state index contributed by atoms with van der Waals surface area (Å²) in [6.07, 6.45) is 0.458. The van der Waals surface area contributed by atoms with Gasteiger partial charge < -0.3 is 15.0 Å². The normalized spacial score (nSPS) is 14.7. The second-order valence-corrected chi connectivity index (χ2v) is 7.05. The summed E-state index contributed by atoms with van der Waals surface area (Å²) in [5, 5.41) is 2.80. The molecule has 28 heavy (non-hydrogen) atoms. The van der Waals surface area contributed by atoms with Gasteiger partial charge in [0.2, 0.25) is 5.91 Å². The van der Waals surface area contributed by atoms with Gasteiger partial charge in [0.25, 0.3) is 5.91 Å². The van der Waals surface area contributed by atoms with Gasteiger partial charge in [0.05, 0.1) is 5.56 Å². The van der Waals surface area contributed by atoms with E-state index >= 15 is 0 Å². The van der Waals surface area contributed by atoms with Crippen LogP contribution in [0.3, 0.4) is 0 Å². The molecule has 0 aliphatic carbocycles. The van der Waals surface area contributed by atoms with E-state index in [0.29, 0.717) is 24.2 Å². The number of nitrogens with zero attached hydrogens (tertiary/aromatic N) is 1. The Hall–Kier alpha value is -3.15. The van der Waals surface area contributed by atoms with Gasteiger partial charge in [-0.15, -0.1) is 0 Å². The van der Waals surface area contributed by atoms with Gasteiger partial charge in [0, 0.05) is 24.3 Å². The van der Waals surface area contributed by atoms with Gasteiger partial charge >= 0.3 is 5.97 Å². The summed E-state index contributed by atoms with van der Waals surface area (Å²) in [6.45, 7) is 6.07. The van der Waals surface area contributed by atoms with Crippen LogP contribution in [-0.4, -0.2) is 30.4 Å². The summed E-state index contributed by atoms with van der Waals surface area (Å²) >= 11 is 0. The van der Waals surface area contributed by atoms with Crippen LogP contribution in [0.1, 0.15) is 41.3 Å². The summed E-state index contributed by atoms with van der Waals surface area (Å²) in [7, 11) is 0.